The van der Waals surface area contributed by atoms with E-state index < -0.39 is 6.04 Å². The van der Waals surface area contributed by atoms with Crippen molar-refractivity contribution in [1.29, 1.82) is 0 Å². The van der Waals surface area contributed by atoms with E-state index in [9.17, 15) is 9.18 Å². The van der Waals surface area contributed by atoms with Gasteiger partial charge >= 0.3 is 0 Å². The lowest BCUT2D eigenvalue weighted by Gasteiger charge is -2.19. The van der Waals surface area contributed by atoms with Crippen LogP contribution in [0.4, 0.5) is 4.39 Å². The second-order valence-corrected chi connectivity index (χ2v) is 5.55. The molecule has 1 unspecified atom stereocenters. The predicted molar refractivity (Wildman–Crippen MR) is 91.5 cm³/mol. The summed E-state index contributed by atoms with van der Waals surface area (Å²) in [5.41, 5.74) is 0.613. The molecular weight excluding hydrogens is 321 g/mol. The fourth-order valence-corrected chi connectivity index (χ4v) is 2.51. The van der Waals surface area contributed by atoms with Crippen LogP contribution in [0.3, 0.4) is 0 Å². The van der Waals surface area contributed by atoms with E-state index in [-0.39, 0.29) is 18.3 Å². The molecule has 0 radical (unpaired) electrons. The van der Waals surface area contributed by atoms with Gasteiger partial charge in [-0.2, -0.15) is 0 Å². The van der Waals surface area contributed by atoms with Crippen LogP contribution in [0.2, 0.25) is 0 Å². The van der Waals surface area contributed by atoms with Crippen molar-refractivity contribution in [3.05, 3.63) is 84.2 Å². The third-order valence-electron chi connectivity index (χ3n) is 3.72. The molecule has 5 nitrogen and oxygen atoms in total. The van der Waals surface area contributed by atoms with Gasteiger partial charge in [0.05, 0.1) is 0 Å². The van der Waals surface area contributed by atoms with Crippen molar-refractivity contribution >= 4 is 5.91 Å². The summed E-state index contributed by atoms with van der Waals surface area (Å²) < 4.78 is 20.9. The molecule has 1 aromatic heterocycles. The molecule has 1 heterocycles. The van der Waals surface area contributed by atoms with E-state index in [1.807, 2.05) is 25.2 Å². The van der Waals surface area contributed by atoms with E-state index in [0.29, 0.717) is 17.1 Å². The first-order valence-electron chi connectivity index (χ1n) is 7.83. The number of rotatable bonds is 6. The minimum Gasteiger partial charge on any atom is -0.484 e. The van der Waals surface area contributed by atoms with Crippen LogP contribution in [0.25, 0.3) is 0 Å². The second-order valence-electron chi connectivity index (χ2n) is 5.55. The fourth-order valence-electron chi connectivity index (χ4n) is 2.51. The summed E-state index contributed by atoms with van der Waals surface area (Å²) in [5, 5.41) is 2.86. The molecule has 1 atom stereocenters. The lowest BCUT2D eigenvalue weighted by atomic mass is 10.1. The first-order valence-corrected chi connectivity index (χ1v) is 7.83. The maximum Gasteiger partial charge on any atom is 0.258 e. The number of nitrogens with zero attached hydrogens (tertiary/aromatic N) is 2. The van der Waals surface area contributed by atoms with Gasteiger partial charge in [-0.15, -0.1) is 0 Å². The highest BCUT2D eigenvalue weighted by Gasteiger charge is 2.21. The normalized spacial score (nSPS) is 11.8. The summed E-state index contributed by atoms with van der Waals surface area (Å²) in [6.07, 6.45) is 3.41. The van der Waals surface area contributed by atoms with Crippen molar-refractivity contribution in [3.8, 4) is 5.75 Å². The molecule has 2 aromatic carbocycles. The molecular formula is C19H18FN3O2. The largest absolute Gasteiger partial charge is 0.484 e. The molecule has 0 aliphatic carbocycles. The molecule has 0 saturated heterocycles. The number of hydrogen-bond donors (Lipinski definition) is 1. The minimum absolute atomic E-state index is 0.139. The Labute approximate surface area is 145 Å². The highest BCUT2D eigenvalue weighted by atomic mass is 19.1. The van der Waals surface area contributed by atoms with E-state index in [1.165, 1.54) is 12.1 Å². The Balaban J connectivity index is 1.76. The predicted octanol–water partition coefficient (Wildman–Crippen LogP) is 2.84. The van der Waals surface area contributed by atoms with Gasteiger partial charge in [0.15, 0.2) is 6.61 Å². The van der Waals surface area contributed by atoms with Crippen LogP contribution in [0, 0.1) is 5.82 Å². The Bertz CT molecular complexity index is 849. The van der Waals surface area contributed by atoms with Crippen molar-refractivity contribution in [2.45, 2.75) is 6.04 Å². The van der Waals surface area contributed by atoms with Crippen molar-refractivity contribution in [1.82, 2.24) is 14.9 Å². The molecule has 6 heteroatoms. The molecule has 0 bridgehead atoms. The Hall–Kier alpha value is -3.15. The van der Waals surface area contributed by atoms with Crippen LogP contribution < -0.4 is 10.1 Å². The summed E-state index contributed by atoms with van der Waals surface area (Å²) >= 11 is 0. The van der Waals surface area contributed by atoms with E-state index >= 15 is 0 Å². The van der Waals surface area contributed by atoms with Gasteiger partial charge in [0.1, 0.15) is 23.4 Å². The van der Waals surface area contributed by atoms with Gasteiger partial charge in [-0.05, 0) is 29.8 Å². The summed E-state index contributed by atoms with van der Waals surface area (Å²) in [5.74, 6) is 0.531. The Morgan fingerprint density at radius 3 is 2.72 bits per heavy atom. The van der Waals surface area contributed by atoms with Gasteiger partial charge in [0, 0.05) is 19.4 Å². The summed E-state index contributed by atoms with van der Waals surface area (Å²) in [6.45, 7) is -0.139. The van der Waals surface area contributed by atoms with Crippen LogP contribution in [0.1, 0.15) is 17.4 Å². The number of hydrogen-bond acceptors (Lipinski definition) is 3. The molecule has 1 amide bonds. The molecule has 0 aliphatic rings. The number of carbonyl (C=O) groups excluding carboxylic acids is 1. The molecule has 128 valence electrons. The molecule has 25 heavy (non-hydrogen) atoms. The van der Waals surface area contributed by atoms with E-state index in [2.05, 4.69) is 10.3 Å². The summed E-state index contributed by atoms with van der Waals surface area (Å²) in [7, 11) is 1.82. The standard InChI is InChI=1S/C19H18FN3O2/c1-23-11-10-21-19(23)18(14-6-5-7-15(20)12-14)22-17(24)13-25-16-8-3-2-4-9-16/h2-12,18H,13H2,1H3,(H,22,24). The zero-order valence-electron chi connectivity index (χ0n) is 13.7. The Kier molecular flexibility index (Phi) is 5.09. The number of carbonyl (C=O) groups is 1. The number of halogens is 1. The topological polar surface area (TPSA) is 56.2 Å². The van der Waals surface area contributed by atoms with Gasteiger partial charge in [0.2, 0.25) is 0 Å². The molecule has 0 spiro atoms. The smallest absolute Gasteiger partial charge is 0.258 e. The quantitative estimate of drug-likeness (QED) is 0.751. The van der Waals surface area contributed by atoms with Crippen LogP contribution in [-0.2, 0) is 11.8 Å². The number of para-hydroxylation sites is 1. The third-order valence-corrected chi connectivity index (χ3v) is 3.72. The molecule has 3 rings (SSSR count). The van der Waals surface area contributed by atoms with Crippen LogP contribution in [0.5, 0.6) is 5.75 Å². The van der Waals surface area contributed by atoms with Crippen molar-refractivity contribution in [3.63, 3.8) is 0 Å². The number of nitrogens with one attached hydrogen (secondary N) is 1. The monoisotopic (exact) mass is 339 g/mol. The SMILES string of the molecule is Cn1ccnc1C(NC(=O)COc1ccccc1)c1cccc(F)c1. The lowest BCUT2D eigenvalue weighted by Crippen LogP contribution is -2.34. The average Bonchev–Trinajstić information content (AvgIpc) is 3.04. The minimum atomic E-state index is -0.567. The maximum absolute atomic E-state index is 13.6. The molecule has 3 aromatic rings. The van der Waals surface area contributed by atoms with Gasteiger partial charge in [0.25, 0.3) is 5.91 Å². The van der Waals surface area contributed by atoms with Gasteiger partial charge < -0.3 is 14.6 Å². The van der Waals surface area contributed by atoms with Gasteiger partial charge in [-0.3, -0.25) is 4.79 Å². The number of aromatic nitrogens is 2. The second kappa shape index (κ2) is 7.61. The number of ether oxygens (including phenoxy) is 1. The number of amides is 1. The van der Waals surface area contributed by atoms with E-state index in [1.54, 1.807) is 41.2 Å². The Morgan fingerprint density at radius 1 is 1.24 bits per heavy atom. The molecule has 0 fully saturated rings. The van der Waals surface area contributed by atoms with Crippen molar-refractivity contribution in [2.75, 3.05) is 6.61 Å². The van der Waals surface area contributed by atoms with Crippen molar-refractivity contribution < 1.29 is 13.9 Å². The van der Waals surface area contributed by atoms with Gasteiger partial charge in [-0.25, -0.2) is 9.37 Å². The van der Waals surface area contributed by atoms with Crippen molar-refractivity contribution in [2.24, 2.45) is 7.05 Å². The molecule has 0 saturated carbocycles. The fraction of sp³-hybridized carbons (Fsp3) is 0.158. The zero-order valence-corrected chi connectivity index (χ0v) is 13.7. The van der Waals surface area contributed by atoms with Crippen LogP contribution in [-0.4, -0.2) is 22.1 Å². The first kappa shape index (κ1) is 16.7. The maximum atomic E-state index is 13.6. The third kappa shape index (κ3) is 4.23. The Morgan fingerprint density at radius 2 is 2.04 bits per heavy atom. The average molecular weight is 339 g/mol. The number of benzene rings is 2. The molecule has 0 aliphatic heterocycles. The summed E-state index contributed by atoms with van der Waals surface area (Å²) in [4.78, 5) is 16.6. The highest BCUT2D eigenvalue weighted by Crippen LogP contribution is 2.21. The highest BCUT2D eigenvalue weighted by molar-refractivity contribution is 5.78. The summed E-state index contributed by atoms with van der Waals surface area (Å²) in [6, 6.07) is 14.6. The van der Waals surface area contributed by atoms with E-state index in [0.717, 1.165) is 0 Å². The molecule has 1 N–H and O–H groups in total. The first-order chi connectivity index (χ1) is 12.1. The zero-order chi connectivity index (χ0) is 17.6. The number of imidazole rings is 1. The van der Waals surface area contributed by atoms with Crippen LogP contribution in [0.15, 0.2) is 67.0 Å². The van der Waals surface area contributed by atoms with E-state index in [4.69, 9.17) is 4.74 Å². The lowest BCUT2D eigenvalue weighted by molar-refractivity contribution is -0.123. The van der Waals surface area contributed by atoms with Gasteiger partial charge in [-0.1, -0.05) is 30.3 Å². The van der Waals surface area contributed by atoms with Crippen LogP contribution >= 0.6 is 0 Å². The number of aryl methyl sites for hydroxylation is 1.